The van der Waals surface area contributed by atoms with Crippen LogP contribution in [0, 0.1) is 11.3 Å². The van der Waals surface area contributed by atoms with Crippen molar-refractivity contribution in [3.63, 3.8) is 0 Å². The van der Waals surface area contributed by atoms with Crippen LogP contribution in [0.2, 0.25) is 0 Å². The zero-order valence-electron chi connectivity index (χ0n) is 56.0. The van der Waals surface area contributed by atoms with Gasteiger partial charge in [-0.3, -0.25) is 0 Å². The maximum absolute atomic E-state index is 9.05. The fourth-order valence-corrected chi connectivity index (χ4v) is 5.87. The number of aliphatic hydroxyl groups is 13. The van der Waals surface area contributed by atoms with E-state index in [1.54, 1.807) is 0 Å². The smallest absolute Gasteiger partial charge is 0.0698 e. The van der Waals surface area contributed by atoms with Crippen molar-refractivity contribution in [2.24, 2.45) is 80.1 Å². The molecule has 5 unspecified atom stereocenters. The molecule has 0 spiro atoms. The zero-order valence-corrected chi connectivity index (χ0v) is 56.0. The SMILES string of the molecule is CC(C)(CN)CO.CC(C)C(N)CO.CCC(N)(CO)CO.CCC(N)CO.CCC(O)CN.NC1(CO)CCCC1.NC1CCC(O)CC1.NC1CCCCC1O.NCCCCCCO.NCCCCCO.NCCCCO.NCCOCCO. The monoisotopic (exact) mass is 1260 g/mol. The molecule has 0 amide bonds. The minimum Gasteiger partial charge on any atom is -0.396 e. The molecule has 37 N–H and O–H groups in total. The Bertz CT molecular complexity index is 1080. The first-order chi connectivity index (χ1) is 40.6. The lowest BCUT2D eigenvalue weighted by atomic mass is 9.94. The minimum atomic E-state index is -0.764. The van der Waals surface area contributed by atoms with Gasteiger partial charge < -0.3 is 140 Å². The number of rotatable bonds is 28. The van der Waals surface area contributed by atoms with Crippen molar-refractivity contribution in [2.75, 3.05) is 119 Å². The van der Waals surface area contributed by atoms with Gasteiger partial charge in [-0.05, 0) is 148 Å². The van der Waals surface area contributed by atoms with Gasteiger partial charge in [0.05, 0.1) is 76.7 Å². The maximum Gasteiger partial charge on any atom is 0.0698 e. The van der Waals surface area contributed by atoms with Gasteiger partial charge in [0.25, 0.3) is 0 Å². The molecule has 0 aliphatic heterocycles. The van der Waals surface area contributed by atoms with E-state index in [0.717, 1.165) is 142 Å². The molecule has 0 aromatic rings. The Kier molecular flexibility index (Phi) is 98.9. The Morgan fingerprint density at radius 3 is 1.19 bits per heavy atom. The Labute approximate surface area is 524 Å². The summed E-state index contributed by atoms with van der Waals surface area (Å²) in [5.74, 6) is 0.394. The minimum absolute atomic E-state index is 0.00926. The van der Waals surface area contributed by atoms with Crippen LogP contribution in [0.15, 0.2) is 0 Å². The number of hydrogen-bond donors (Lipinski definition) is 25. The molecule has 0 heterocycles. The normalized spacial score (nSPS) is 18.2. The summed E-state index contributed by atoms with van der Waals surface area (Å²) in [6, 6.07) is 0.368. The summed E-state index contributed by atoms with van der Waals surface area (Å²) in [7, 11) is 0. The highest BCUT2D eigenvalue weighted by Crippen LogP contribution is 2.26. The first-order valence-corrected chi connectivity index (χ1v) is 32.1. The molecule has 26 heteroatoms. The summed E-state index contributed by atoms with van der Waals surface area (Å²) in [6.07, 6.45) is 23.2. The second-order valence-electron chi connectivity index (χ2n) is 23.0. The lowest BCUT2D eigenvalue weighted by Gasteiger charge is -2.23. The predicted molar refractivity (Wildman–Crippen MR) is 356 cm³/mol. The summed E-state index contributed by atoms with van der Waals surface area (Å²) in [5, 5.41) is 110. The quantitative estimate of drug-likeness (QED) is 0.0395. The third-order valence-electron chi connectivity index (χ3n) is 13.4. The Balaban J connectivity index is -0.000000108. The van der Waals surface area contributed by atoms with Crippen molar-refractivity contribution >= 4 is 0 Å². The van der Waals surface area contributed by atoms with E-state index in [2.05, 4.69) is 0 Å². The fraction of sp³-hybridized carbons (Fsp3) is 1.00. The Morgan fingerprint density at radius 1 is 0.547 bits per heavy atom. The number of unbranched alkanes of at least 4 members (excludes halogenated alkanes) is 6. The molecule has 3 aliphatic rings. The van der Waals surface area contributed by atoms with Crippen LogP contribution in [0.3, 0.4) is 0 Å². The Hall–Kier alpha value is -1.04. The van der Waals surface area contributed by atoms with E-state index in [1.165, 1.54) is 19.3 Å². The van der Waals surface area contributed by atoms with Gasteiger partial charge in [0.2, 0.25) is 0 Å². The summed E-state index contributed by atoms with van der Waals surface area (Å²) in [5.41, 5.74) is 62.6. The average Bonchev–Trinajstić information content (AvgIpc) is 3.98. The predicted octanol–water partition coefficient (Wildman–Crippen LogP) is -1.54. The van der Waals surface area contributed by atoms with Gasteiger partial charge in [-0.15, -0.1) is 0 Å². The van der Waals surface area contributed by atoms with Crippen LogP contribution in [0.4, 0.5) is 0 Å². The number of ether oxygens (including phenoxy) is 1. The van der Waals surface area contributed by atoms with Gasteiger partial charge in [-0.25, -0.2) is 0 Å². The summed E-state index contributed by atoms with van der Waals surface area (Å²) >= 11 is 0. The standard InChI is InChI=1S/3C6H13NO.C6H15NO.C5H13NO2.3C5H13NO.C4H11NO2.3C4H11NO/c7-5-1-3-6(8)4-2-5;7-6(5-8)3-1-2-4-6;7-5-3-1-2-4-6(5)8;7-5-3-1-2-4-6-8;1-2-5(6,3-7)4-8;1-5(2,3-6)4-7;1-4(2)5(6)3-7;6-4-2-1-3-5-7;5-1-3-7-4-2-6;1-2-4(5)3-6;1-2-4(6)3-5;5-3-1-2-4-6/h5-6,8H,1-4,7H2;8H,1-5,7H2;5-6,8H,1-4,7H2;8H,1-7H2;7-8H,2-4,6H2,1H3;7H,3-4,6H2,1-2H3;4-5,7H,3,6H2,1-2H3;7H,1-6H2;6H,1-5H2;2*4,6H,2-3,5H2,1H3;6H,1-5H2. The molecule has 0 bridgehead atoms. The molecule has 3 aliphatic carbocycles. The van der Waals surface area contributed by atoms with Crippen LogP contribution in [0.1, 0.15) is 203 Å². The van der Waals surface area contributed by atoms with Crippen molar-refractivity contribution < 1.29 is 71.1 Å². The summed E-state index contributed by atoms with van der Waals surface area (Å²) < 4.78 is 4.76. The second-order valence-corrected chi connectivity index (χ2v) is 23.0. The molecule has 26 nitrogen and oxygen atoms in total. The number of hydrogen-bond acceptors (Lipinski definition) is 26. The van der Waals surface area contributed by atoms with Crippen molar-refractivity contribution in [3.05, 3.63) is 0 Å². The molecule has 3 rings (SSSR count). The molecule has 3 saturated carbocycles. The molecule has 0 aromatic heterocycles. The molecular weight excluding hydrogens is 1110 g/mol. The molecule has 0 saturated heterocycles. The fourth-order valence-electron chi connectivity index (χ4n) is 5.87. The molecule has 3 fully saturated rings. The van der Waals surface area contributed by atoms with Gasteiger partial charge in [-0.2, -0.15) is 0 Å². The van der Waals surface area contributed by atoms with Crippen molar-refractivity contribution in [1.82, 2.24) is 0 Å². The van der Waals surface area contributed by atoms with E-state index in [1.807, 2.05) is 48.5 Å². The van der Waals surface area contributed by atoms with Crippen LogP contribution in [-0.2, 0) is 4.74 Å². The van der Waals surface area contributed by atoms with Gasteiger partial charge in [0.15, 0.2) is 0 Å². The van der Waals surface area contributed by atoms with Crippen LogP contribution in [-0.4, -0.2) is 238 Å². The van der Waals surface area contributed by atoms with Crippen molar-refractivity contribution in [2.45, 2.75) is 256 Å². The zero-order chi connectivity index (χ0) is 68.5. The van der Waals surface area contributed by atoms with Crippen molar-refractivity contribution in [3.8, 4) is 0 Å². The van der Waals surface area contributed by atoms with E-state index < -0.39 is 5.54 Å². The van der Waals surface area contributed by atoms with Crippen LogP contribution >= 0.6 is 0 Å². The van der Waals surface area contributed by atoms with Crippen LogP contribution in [0.25, 0.3) is 0 Å². The van der Waals surface area contributed by atoms with E-state index in [0.29, 0.717) is 71.0 Å². The molecule has 0 aromatic carbocycles. The highest BCUT2D eigenvalue weighted by atomic mass is 16.5. The number of nitrogens with two attached hydrogens (primary N) is 12. The lowest BCUT2D eigenvalue weighted by molar-refractivity contribution is 0.0976. The van der Waals surface area contributed by atoms with Gasteiger partial charge >= 0.3 is 0 Å². The molecule has 86 heavy (non-hydrogen) atoms. The van der Waals surface area contributed by atoms with E-state index >= 15 is 0 Å². The first kappa shape index (κ1) is 104. The molecule has 5 atom stereocenters. The topological polar surface area (TPSA) is 584 Å². The summed E-state index contributed by atoms with van der Waals surface area (Å²) in [4.78, 5) is 0. The van der Waals surface area contributed by atoms with Gasteiger partial charge in [-0.1, -0.05) is 87.0 Å². The molecule has 0 radical (unpaired) electrons. The highest BCUT2D eigenvalue weighted by Gasteiger charge is 2.27. The van der Waals surface area contributed by atoms with Crippen LogP contribution in [0.5, 0.6) is 0 Å². The van der Waals surface area contributed by atoms with Crippen LogP contribution < -0.4 is 68.8 Å². The van der Waals surface area contributed by atoms with E-state index in [4.69, 9.17) is 140 Å². The average molecular weight is 1260 g/mol. The van der Waals surface area contributed by atoms with Crippen molar-refractivity contribution in [1.29, 1.82) is 0 Å². The summed E-state index contributed by atoms with van der Waals surface area (Å²) in [6.45, 7) is 19.3. The van der Waals surface area contributed by atoms with E-state index in [9.17, 15) is 0 Å². The largest absolute Gasteiger partial charge is 0.396 e. The third-order valence-corrected chi connectivity index (χ3v) is 13.4. The maximum atomic E-state index is 9.05. The first-order valence-electron chi connectivity index (χ1n) is 32.1. The molecular formula is C60H150N12O14. The van der Waals surface area contributed by atoms with Gasteiger partial charge in [0.1, 0.15) is 0 Å². The lowest BCUT2D eigenvalue weighted by Crippen LogP contribution is -2.46. The van der Waals surface area contributed by atoms with E-state index in [-0.39, 0.29) is 100 Å². The molecule has 534 valence electrons. The highest BCUT2D eigenvalue weighted by molar-refractivity contribution is 4.88. The number of aliphatic hydroxyl groups excluding tert-OH is 13. The van der Waals surface area contributed by atoms with Gasteiger partial charge in [0, 0.05) is 74.6 Å². The second kappa shape index (κ2) is 82.0. The third kappa shape index (κ3) is 94.1. The Morgan fingerprint density at radius 2 is 0.988 bits per heavy atom.